The van der Waals surface area contributed by atoms with Gasteiger partial charge in [-0.05, 0) is 62.9 Å². The van der Waals surface area contributed by atoms with Gasteiger partial charge in [0.2, 0.25) is 16.0 Å². The van der Waals surface area contributed by atoms with Gasteiger partial charge in [0, 0.05) is 76.5 Å². The number of piperazine rings is 1. The van der Waals surface area contributed by atoms with Crippen LogP contribution in [0, 0.1) is 0 Å². The van der Waals surface area contributed by atoms with Crippen LogP contribution in [0.15, 0.2) is 42.9 Å². The molecule has 0 unspecified atom stereocenters. The summed E-state index contributed by atoms with van der Waals surface area (Å²) in [5.74, 6) is 1.30. The molecule has 0 bridgehead atoms. The van der Waals surface area contributed by atoms with E-state index in [9.17, 15) is 8.42 Å². The minimum atomic E-state index is -3.59. The summed E-state index contributed by atoms with van der Waals surface area (Å²) in [6.07, 6.45) is 9.07. The van der Waals surface area contributed by atoms with Crippen LogP contribution >= 0.6 is 11.6 Å². The molecule has 2 aromatic heterocycles. The second kappa shape index (κ2) is 14.3. The summed E-state index contributed by atoms with van der Waals surface area (Å²) in [7, 11) is 1.83. The monoisotopic (exact) mass is 720 g/mol. The molecule has 3 fully saturated rings. The van der Waals surface area contributed by atoms with Gasteiger partial charge in [0.25, 0.3) is 0 Å². The first kappa shape index (κ1) is 34.5. The van der Waals surface area contributed by atoms with Gasteiger partial charge < -0.3 is 25.2 Å². The standard InChI is InChI=1S/C35H45ClN10O3S/c1-5-23-20-29(31(49-4)21-30(23)46-14-10-24(11-15-46)45-18-16-43(2)17-19-45)41-35-39-22-26(36)34(42-35)40-28-9-8-27-32(38-13-12-37-27)33(28)44(3)50(47,48)25-6-7-25/h8-9,12-13,20-22,24-25H,5-7,10-11,14-19H2,1-4H3,(H2,39,40,41,42). The highest BCUT2D eigenvalue weighted by molar-refractivity contribution is 7.93. The van der Waals surface area contributed by atoms with E-state index in [-0.39, 0.29) is 5.02 Å². The Labute approximate surface area is 299 Å². The zero-order chi connectivity index (χ0) is 35.0. The van der Waals surface area contributed by atoms with E-state index in [1.54, 1.807) is 38.7 Å². The second-order valence-corrected chi connectivity index (χ2v) is 16.0. The van der Waals surface area contributed by atoms with E-state index in [0.717, 1.165) is 64.2 Å². The lowest BCUT2D eigenvalue weighted by molar-refractivity contribution is 0.0982. The first-order valence-corrected chi connectivity index (χ1v) is 19.2. The first-order valence-electron chi connectivity index (χ1n) is 17.3. The zero-order valence-corrected chi connectivity index (χ0v) is 30.6. The lowest BCUT2D eigenvalue weighted by Crippen LogP contribution is -2.52. The van der Waals surface area contributed by atoms with Crippen molar-refractivity contribution in [2.45, 2.75) is 50.3 Å². The number of methoxy groups -OCH3 is 1. The number of ether oxygens (including phenoxy) is 1. The summed E-state index contributed by atoms with van der Waals surface area (Å²) in [6.45, 7) is 8.77. The number of nitrogens with zero attached hydrogens (tertiary/aromatic N) is 8. The maximum Gasteiger partial charge on any atom is 0.237 e. The molecule has 0 atom stereocenters. The first-order chi connectivity index (χ1) is 24.2. The molecule has 1 saturated carbocycles. The molecule has 7 rings (SSSR count). The van der Waals surface area contributed by atoms with Crippen LogP contribution in [0.4, 0.5) is 34.5 Å². The molecule has 2 aliphatic heterocycles. The smallest absolute Gasteiger partial charge is 0.237 e. The number of nitrogens with one attached hydrogen (secondary N) is 2. The summed E-state index contributed by atoms with van der Waals surface area (Å²) in [4.78, 5) is 25.6. The Balaban J connectivity index is 1.13. The van der Waals surface area contributed by atoms with Gasteiger partial charge >= 0.3 is 0 Å². The van der Waals surface area contributed by atoms with E-state index in [1.807, 2.05) is 0 Å². The van der Waals surface area contributed by atoms with Gasteiger partial charge in [-0.1, -0.05) is 18.5 Å². The number of hydrogen-bond donors (Lipinski definition) is 2. The van der Waals surface area contributed by atoms with Crippen LogP contribution in [0.3, 0.4) is 0 Å². The summed E-state index contributed by atoms with van der Waals surface area (Å²) in [5, 5.41) is 6.47. The quantitative estimate of drug-likeness (QED) is 0.209. The number of rotatable bonds is 11. The molecule has 0 amide bonds. The van der Waals surface area contributed by atoms with Crippen molar-refractivity contribution < 1.29 is 13.2 Å². The van der Waals surface area contributed by atoms with Gasteiger partial charge in [0.15, 0.2) is 5.82 Å². The lowest BCUT2D eigenvalue weighted by Gasteiger charge is -2.43. The minimum absolute atomic E-state index is 0.269. The molecule has 15 heteroatoms. The van der Waals surface area contributed by atoms with Crippen LogP contribution in [0.25, 0.3) is 11.0 Å². The predicted octanol–water partition coefficient (Wildman–Crippen LogP) is 5.28. The molecule has 2 saturated heterocycles. The van der Waals surface area contributed by atoms with Crippen molar-refractivity contribution in [3.63, 3.8) is 0 Å². The predicted molar refractivity (Wildman–Crippen MR) is 200 cm³/mol. The normalized spacial score (nSPS) is 18.0. The van der Waals surface area contributed by atoms with E-state index in [2.05, 4.69) is 66.4 Å². The van der Waals surface area contributed by atoms with Gasteiger partial charge in [-0.3, -0.25) is 19.2 Å². The summed E-state index contributed by atoms with van der Waals surface area (Å²) in [6, 6.07) is 8.42. The Morgan fingerprint density at radius 3 is 2.40 bits per heavy atom. The fourth-order valence-electron chi connectivity index (χ4n) is 7.04. The van der Waals surface area contributed by atoms with Crippen LogP contribution in [0.2, 0.25) is 5.02 Å². The van der Waals surface area contributed by atoms with Crippen LogP contribution in [-0.4, -0.2) is 110 Å². The van der Waals surface area contributed by atoms with E-state index in [0.29, 0.717) is 58.8 Å². The molecule has 0 spiro atoms. The Bertz CT molecular complexity index is 1960. The van der Waals surface area contributed by atoms with Gasteiger partial charge in [-0.25, -0.2) is 13.4 Å². The molecular formula is C35H45ClN10O3S. The molecule has 50 heavy (non-hydrogen) atoms. The van der Waals surface area contributed by atoms with E-state index < -0.39 is 15.3 Å². The van der Waals surface area contributed by atoms with Crippen molar-refractivity contribution in [1.29, 1.82) is 0 Å². The number of hydrogen-bond acceptors (Lipinski definition) is 12. The van der Waals surface area contributed by atoms with Crippen LogP contribution in [-0.2, 0) is 16.4 Å². The third kappa shape index (κ3) is 6.98. The number of halogens is 1. The van der Waals surface area contributed by atoms with Crippen LogP contribution < -0.4 is 24.6 Å². The van der Waals surface area contributed by atoms with Crippen LogP contribution in [0.5, 0.6) is 5.75 Å². The Morgan fingerprint density at radius 1 is 0.960 bits per heavy atom. The van der Waals surface area contributed by atoms with Crippen molar-refractivity contribution >= 4 is 67.2 Å². The molecule has 266 valence electrons. The number of aromatic nitrogens is 4. The maximum absolute atomic E-state index is 13.4. The highest BCUT2D eigenvalue weighted by Gasteiger charge is 2.40. The average Bonchev–Trinajstić information content (AvgIpc) is 4.00. The highest BCUT2D eigenvalue weighted by atomic mass is 35.5. The Kier molecular flexibility index (Phi) is 9.88. The van der Waals surface area contributed by atoms with Gasteiger partial charge in [0.05, 0.1) is 35.4 Å². The summed E-state index contributed by atoms with van der Waals surface area (Å²) >= 11 is 6.62. The molecule has 13 nitrogen and oxygen atoms in total. The topological polar surface area (TPSA) is 132 Å². The third-order valence-electron chi connectivity index (χ3n) is 10.1. The fourth-order valence-corrected chi connectivity index (χ4v) is 8.80. The number of sulfonamides is 1. The molecule has 0 radical (unpaired) electrons. The van der Waals surface area contributed by atoms with Crippen molar-refractivity contribution in [2.24, 2.45) is 0 Å². The summed E-state index contributed by atoms with van der Waals surface area (Å²) in [5.41, 5.74) is 5.03. The number of aryl methyl sites for hydroxylation is 1. The van der Waals surface area contributed by atoms with Crippen molar-refractivity contribution in [1.82, 2.24) is 29.7 Å². The number of benzene rings is 2. The second-order valence-electron chi connectivity index (χ2n) is 13.3. The Hall–Kier alpha value is -3.98. The highest BCUT2D eigenvalue weighted by Crippen LogP contribution is 2.41. The number of anilines is 6. The van der Waals surface area contributed by atoms with Gasteiger partial charge in [-0.2, -0.15) is 4.98 Å². The average molecular weight is 721 g/mol. The Morgan fingerprint density at radius 2 is 1.70 bits per heavy atom. The molecule has 2 N–H and O–H groups in total. The van der Waals surface area contributed by atoms with Gasteiger partial charge in [-0.15, -0.1) is 0 Å². The fraction of sp³-hybridized carbons (Fsp3) is 0.486. The molecule has 4 aromatic rings. The molecule has 4 heterocycles. The van der Waals surface area contributed by atoms with Crippen molar-refractivity contribution in [3.05, 3.63) is 53.4 Å². The lowest BCUT2D eigenvalue weighted by atomic mass is 9.99. The van der Waals surface area contributed by atoms with Crippen molar-refractivity contribution in [2.75, 3.05) is 80.3 Å². The molecule has 3 aliphatic rings. The largest absolute Gasteiger partial charge is 0.494 e. The number of fused-ring (bicyclic) bond motifs is 1. The van der Waals surface area contributed by atoms with Gasteiger partial charge in [0.1, 0.15) is 22.0 Å². The number of piperidine rings is 1. The van der Waals surface area contributed by atoms with E-state index in [1.165, 1.54) is 21.8 Å². The molecule has 1 aliphatic carbocycles. The third-order valence-corrected chi connectivity index (χ3v) is 12.7. The van der Waals surface area contributed by atoms with Crippen LogP contribution in [0.1, 0.15) is 38.2 Å². The van der Waals surface area contributed by atoms with Crippen molar-refractivity contribution in [3.8, 4) is 5.75 Å². The van der Waals surface area contributed by atoms with E-state index >= 15 is 0 Å². The SMILES string of the molecule is CCc1cc(Nc2ncc(Cl)c(Nc3ccc4nccnc4c3N(C)S(=O)(=O)C3CC3)n2)c(OC)cc1N1CCC(N2CCN(C)CC2)CC1. The maximum atomic E-state index is 13.4. The number of likely N-dealkylation sites (N-methyl/N-ethyl adjacent to an activating group) is 1. The molecular weight excluding hydrogens is 676 g/mol. The zero-order valence-electron chi connectivity index (χ0n) is 29.1. The summed E-state index contributed by atoms with van der Waals surface area (Å²) < 4.78 is 33.9. The minimum Gasteiger partial charge on any atom is -0.494 e. The van der Waals surface area contributed by atoms with E-state index in [4.69, 9.17) is 21.3 Å². The molecule has 2 aromatic carbocycles.